The molecule has 3 aromatic rings. The van der Waals surface area contributed by atoms with Gasteiger partial charge in [0.25, 0.3) is 5.91 Å². The Morgan fingerprint density at radius 1 is 1.24 bits per heavy atom. The van der Waals surface area contributed by atoms with Crippen LogP contribution in [0.4, 0.5) is 5.69 Å². The van der Waals surface area contributed by atoms with Crippen LogP contribution in [0.2, 0.25) is 0 Å². The minimum atomic E-state index is -0.0901. The molecule has 106 valence electrons. The van der Waals surface area contributed by atoms with Crippen molar-refractivity contribution in [3.63, 3.8) is 0 Å². The number of thioether (sulfide) groups is 1. The van der Waals surface area contributed by atoms with Gasteiger partial charge in [-0.3, -0.25) is 4.79 Å². The number of nitrogens with zero attached hydrogens (tertiary/aromatic N) is 1. The van der Waals surface area contributed by atoms with Crippen LogP contribution in [0.3, 0.4) is 0 Å². The van der Waals surface area contributed by atoms with Crippen LogP contribution in [-0.4, -0.2) is 17.1 Å². The molecule has 0 atom stereocenters. The predicted octanol–water partition coefficient (Wildman–Crippen LogP) is 4.58. The van der Waals surface area contributed by atoms with Crippen LogP contribution < -0.4 is 5.32 Å². The summed E-state index contributed by atoms with van der Waals surface area (Å²) in [5.41, 5.74) is 3.51. The van der Waals surface area contributed by atoms with Gasteiger partial charge in [-0.15, -0.1) is 11.3 Å². The molecule has 0 aliphatic rings. The second kappa shape index (κ2) is 5.87. The van der Waals surface area contributed by atoms with E-state index >= 15 is 0 Å². The zero-order valence-corrected chi connectivity index (χ0v) is 13.3. The van der Waals surface area contributed by atoms with Crippen LogP contribution in [0.5, 0.6) is 0 Å². The summed E-state index contributed by atoms with van der Waals surface area (Å²) in [7, 11) is 0. The number of carbonyl (C=O) groups excluding carboxylic acids is 1. The second-order valence-electron chi connectivity index (χ2n) is 4.69. The maximum absolute atomic E-state index is 12.2. The predicted molar refractivity (Wildman–Crippen MR) is 90.5 cm³/mol. The highest BCUT2D eigenvalue weighted by molar-refractivity contribution is 8.00. The lowest BCUT2D eigenvalue weighted by atomic mass is 10.1. The number of rotatable bonds is 3. The molecular weight excluding hydrogens is 300 g/mol. The van der Waals surface area contributed by atoms with Crippen molar-refractivity contribution in [3.8, 4) is 0 Å². The van der Waals surface area contributed by atoms with Crippen molar-refractivity contribution in [3.05, 3.63) is 53.6 Å². The SMILES string of the molecule is CSc1nc2ccc(NC(=O)c3cccc(C)c3)cc2s1. The molecule has 1 heterocycles. The smallest absolute Gasteiger partial charge is 0.255 e. The number of carbonyl (C=O) groups is 1. The summed E-state index contributed by atoms with van der Waals surface area (Å²) in [6, 6.07) is 13.4. The minimum absolute atomic E-state index is 0.0901. The molecule has 1 aromatic heterocycles. The quantitative estimate of drug-likeness (QED) is 0.720. The normalized spacial score (nSPS) is 10.8. The number of amides is 1. The van der Waals surface area contributed by atoms with Gasteiger partial charge in [-0.2, -0.15) is 0 Å². The maximum atomic E-state index is 12.2. The van der Waals surface area contributed by atoms with Crippen LogP contribution in [0.1, 0.15) is 15.9 Å². The van der Waals surface area contributed by atoms with E-state index in [4.69, 9.17) is 0 Å². The molecule has 0 radical (unpaired) electrons. The van der Waals surface area contributed by atoms with Gasteiger partial charge < -0.3 is 5.32 Å². The lowest BCUT2D eigenvalue weighted by Gasteiger charge is -2.05. The van der Waals surface area contributed by atoms with Crippen LogP contribution in [0, 0.1) is 6.92 Å². The van der Waals surface area contributed by atoms with Gasteiger partial charge in [0.1, 0.15) is 0 Å². The molecule has 5 heteroatoms. The molecule has 0 spiro atoms. The second-order valence-corrected chi connectivity index (χ2v) is 6.77. The first-order valence-electron chi connectivity index (χ1n) is 6.48. The van der Waals surface area contributed by atoms with Crippen LogP contribution >= 0.6 is 23.1 Å². The molecule has 0 bridgehead atoms. The van der Waals surface area contributed by atoms with Crippen molar-refractivity contribution < 1.29 is 4.79 Å². The molecule has 3 rings (SSSR count). The van der Waals surface area contributed by atoms with Gasteiger partial charge in [-0.1, -0.05) is 29.5 Å². The minimum Gasteiger partial charge on any atom is -0.322 e. The largest absolute Gasteiger partial charge is 0.322 e. The molecule has 2 aromatic carbocycles. The summed E-state index contributed by atoms with van der Waals surface area (Å²) < 4.78 is 2.12. The van der Waals surface area contributed by atoms with E-state index < -0.39 is 0 Å². The van der Waals surface area contributed by atoms with E-state index in [1.807, 2.05) is 55.6 Å². The maximum Gasteiger partial charge on any atom is 0.255 e. The number of hydrogen-bond acceptors (Lipinski definition) is 4. The third-order valence-corrected chi connectivity index (χ3v) is 5.08. The molecule has 0 saturated heterocycles. The van der Waals surface area contributed by atoms with E-state index in [1.165, 1.54) is 0 Å². The Kier molecular flexibility index (Phi) is 3.94. The summed E-state index contributed by atoms with van der Waals surface area (Å²) in [5.74, 6) is -0.0901. The number of anilines is 1. The summed E-state index contributed by atoms with van der Waals surface area (Å²) in [4.78, 5) is 16.7. The number of thiazole rings is 1. The lowest BCUT2D eigenvalue weighted by molar-refractivity contribution is 0.102. The third kappa shape index (κ3) is 3.09. The molecule has 0 aliphatic heterocycles. The van der Waals surface area contributed by atoms with Crippen LogP contribution in [-0.2, 0) is 0 Å². The fraction of sp³-hybridized carbons (Fsp3) is 0.125. The highest BCUT2D eigenvalue weighted by Crippen LogP contribution is 2.30. The first kappa shape index (κ1) is 14.1. The molecule has 0 saturated carbocycles. The number of hydrogen-bond donors (Lipinski definition) is 1. The molecular formula is C16H14N2OS2. The van der Waals surface area contributed by atoms with Crippen molar-refractivity contribution >= 4 is 44.9 Å². The Morgan fingerprint density at radius 2 is 2.10 bits per heavy atom. The number of aromatic nitrogens is 1. The highest BCUT2D eigenvalue weighted by atomic mass is 32.2. The van der Waals surface area contributed by atoms with Gasteiger partial charge in [-0.25, -0.2) is 4.98 Å². The Bertz CT molecular complexity index is 811. The van der Waals surface area contributed by atoms with E-state index in [1.54, 1.807) is 23.1 Å². The van der Waals surface area contributed by atoms with Crippen molar-refractivity contribution in [2.24, 2.45) is 0 Å². The standard InChI is InChI=1S/C16H14N2OS2/c1-10-4-3-5-11(8-10)15(19)17-12-6-7-13-14(9-12)21-16(18-13)20-2/h3-9H,1-2H3,(H,17,19). The zero-order chi connectivity index (χ0) is 14.8. The Labute approximate surface area is 131 Å². The Hall–Kier alpha value is -1.85. The molecule has 21 heavy (non-hydrogen) atoms. The van der Waals surface area contributed by atoms with Crippen molar-refractivity contribution in [2.45, 2.75) is 11.3 Å². The molecule has 0 unspecified atom stereocenters. The molecule has 1 amide bonds. The van der Waals surface area contributed by atoms with Gasteiger partial charge in [0.2, 0.25) is 0 Å². The van der Waals surface area contributed by atoms with Gasteiger partial charge in [0.15, 0.2) is 4.34 Å². The Morgan fingerprint density at radius 3 is 2.86 bits per heavy atom. The number of aryl methyl sites for hydroxylation is 1. The van der Waals surface area contributed by atoms with E-state index in [-0.39, 0.29) is 5.91 Å². The Balaban J connectivity index is 1.85. The van der Waals surface area contributed by atoms with E-state index in [0.717, 1.165) is 25.8 Å². The van der Waals surface area contributed by atoms with Crippen molar-refractivity contribution in [1.82, 2.24) is 4.98 Å². The number of fused-ring (bicyclic) bond motifs is 1. The molecule has 0 fully saturated rings. The average molecular weight is 314 g/mol. The summed E-state index contributed by atoms with van der Waals surface area (Å²) in [6.45, 7) is 1.98. The summed E-state index contributed by atoms with van der Waals surface area (Å²) in [6.07, 6.45) is 2.01. The molecule has 0 aliphatic carbocycles. The fourth-order valence-electron chi connectivity index (χ4n) is 2.06. The number of benzene rings is 2. The average Bonchev–Trinajstić information content (AvgIpc) is 2.89. The topological polar surface area (TPSA) is 42.0 Å². The van der Waals surface area contributed by atoms with Crippen molar-refractivity contribution in [1.29, 1.82) is 0 Å². The molecule has 3 nitrogen and oxygen atoms in total. The molecule has 1 N–H and O–H groups in total. The fourth-order valence-corrected chi connectivity index (χ4v) is 3.59. The van der Waals surface area contributed by atoms with Crippen molar-refractivity contribution in [2.75, 3.05) is 11.6 Å². The van der Waals surface area contributed by atoms with E-state index in [0.29, 0.717) is 5.56 Å². The summed E-state index contributed by atoms with van der Waals surface area (Å²) in [5, 5.41) is 2.94. The van der Waals surface area contributed by atoms with E-state index in [2.05, 4.69) is 10.3 Å². The van der Waals surface area contributed by atoms with Gasteiger partial charge >= 0.3 is 0 Å². The first-order valence-corrected chi connectivity index (χ1v) is 8.52. The third-order valence-electron chi connectivity index (χ3n) is 3.08. The lowest BCUT2D eigenvalue weighted by Crippen LogP contribution is -2.11. The van der Waals surface area contributed by atoms with Crippen LogP contribution in [0.25, 0.3) is 10.2 Å². The summed E-state index contributed by atoms with van der Waals surface area (Å²) >= 11 is 3.27. The monoisotopic (exact) mass is 314 g/mol. The van der Waals surface area contributed by atoms with Gasteiger partial charge in [0, 0.05) is 11.3 Å². The van der Waals surface area contributed by atoms with Gasteiger partial charge in [-0.05, 0) is 43.5 Å². The highest BCUT2D eigenvalue weighted by Gasteiger charge is 2.08. The number of nitrogens with one attached hydrogen (secondary N) is 1. The van der Waals surface area contributed by atoms with E-state index in [9.17, 15) is 4.79 Å². The zero-order valence-electron chi connectivity index (χ0n) is 11.7. The van der Waals surface area contributed by atoms with Crippen LogP contribution in [0.15, 0.2) is 46.8 Å². The van der Waals surface area contributed by atoms with Gasteiger partial charge in [0.05, 0.1) is 10.2 Å². The first-order chi connectivity index (χ1) is 10.2.